The summed E-state index contributed by atoms with van der Waals surface area (Å²) in [6.45, 7) is 6.71. The van der Waals surface area contributed by atoms with Gasteiger partial charge in [0.05, 0.1) is 5.69 Å². The van der Waals surface area contributed by atoms with E-state index in [0.717, 1.165) is 34.8 Å². The lowest BCUT2D eigenvalue weighted by atomic mass is 10.1. The average Bonchev–Trinajstić information content (AvgIpc) is 3.27. The van der Waals surface area contributed by atoms with E-state index in [1.807, 2.05) is 31.2 Å². The molecule has 0 aliphatic carbocycles. The molecule has 0 atom stereocenters. The van der Waals surface area contributed by atoms with E-state index in [2.05, 4.69) is 42.3 Å². The van der Waals surface area contributed by atoms with E-state index in [1.54, 1.807) is 4.90 Å². The normalized spacial score (nSPS) is 13.8. The predicted octanol–water partition coefficient (Wildman–Crippen LogP) is 5.11. The van der Waals surface area contributed by atoms with Gasteiger partial charge in [-0.05, 0) is 51.0 Å². The van der Waals surface area contributed by atoms with E-state index in [9.17, 15) is 9.59 Å². The number of aromatic nitrogens is 1. The Bertz CT molecular complexity index is 1100. The number of anilines is 2. The number of aryl methyl sites for hydroxylation is 3. The van der Waals surface area contributed by atoms with Crippen molar-refractivity contribution in [2.75, 3.05) is 16.8 Å². The molecule has 0 bridgehead atoms. The highest BCUT2D eigenvalue weighted by molar-refractivity contribution is 7.17. The molecule has 1 saturated heterocycles. The van der Waals surface area contributed by atoms with Gasteiger partial charge in [-0.15, -0.1) is 11.3 Å². The Labute approximate surface area is 174 Å². The molecule has 0 spiro atoms. The standard InChI is InChI=1S/C23H23N3O2S/c1-14-9-10-19(15(2)12-14)23-24-16(3)21(29-23)22(28)25-17-6-4-7-18(13-17)26-11-5-8-20(26)27/h4,6-7,9-10,12-13H,5,8,11H2,1-3H3,(H,25,28). The van der Waals surface area contributed by atoms with Gasteiger partial charge in [0, 0.05) is 29.9 Å². The molecule has 0 radical (unpaired) electrons. The number of benzene rings is 2. The van der Waals surface area contributed by atoms with Crippen LogP contribution in [0.25, 0.3) is 10.6 Å². The third kappa shape index (κ3) is 3.93. The fraction of sp³-hybridized carbons (Fsp3) is 0.261. The van der Waals surface area contributed by atoms with E-state index >= 15 is 0 Å². The zero-order valence-corrected chi connectivity index (χ0v) is 17.6. The highest BCUT2D eigenvalue weighted by atomic mass is 32.1. The number of nitrogens with one attached hydrogen (secondary N) is 1. The maximum atomic E-state index is 12.9. The monoisotopic (exact) mass is 405 g/mol. The van der Waals surface area contributed by atoms with Crippen LogP contribution in [0.1, 0.15) is 39.3 Å². The maximum Gasteiger partial charge on any atom is 0.267 e. The minimum Gasteiger partial charge on any atom is -0.321 e. The highest BCUT2D eigenvalue weighted by Crippen LogP contribution is 2.31. The average molecular weight is 406 g/mol. The molecule has 0 unspecified atom stereocenters. The van der Waals surface area contributed by atoms with Crippen molar-refractivity contribution in [3.05, 3.63) is 64.2 Å². The van der Waals surface area contributed by atoms with Crippen LogP contribution in [0, 0.1) is 20.8 Å². The lowest BCUT2D eigenvalue weighted by Gasteiger charge is -2.16. The Morgan fingerprint density at radius 2 is 1.97 bits per heavy atom. The summed E-state index contributed by atoms with van der Waals surface area (Å²) in [5, 5.41) is 3.81. The topological polar surface area (TPSA) is 62.3 Å². The van der Waals surface area contributed by atoms with Crippen molar-refractivity contribution in [3.8, 4) is 10.6 Å². The molecule has 29 heavy (non-hydrogen) atoms. The number of hydrogen-bond donors (Lipinski definition) is 1. The minimum absolute atomic E-state index is 0.130. The molecular formula is C23H23N3O2S. The minimum atomic E-state index is -0.180. The quantitative estimate of drug-likeness (QED) is 0.656. The summed E-state index contributed by atoms with van der Waals surface area (Å²) in [5.41, 5.74) is 5.61. The molecule has 6 heteroatoms. The molecule has 0 saturated carbocycles. The summed E-state index contributed by atoms with van der Waals surface area (Å²) in [7, 11) is 0. The number of amides is 2. The van der Waals surface area contributed by atoms with E-state index in [0.29, 0.717) is 22.7 Å². The Morgan fingerprint density at radius 1 is 1.14 bits per heavy atom. The van der Waals surface area contributed by atoms with Gasteiger partial charge >= 0.3 is 0 Å². The molecule has 4 rings (SSSR count). The first-order valence-electron chi connectivity index (χ1n) is 9.69. The lowest BCUT2D eigenvalue weighted by Crippen LogP contribution is -2.23. The first kappa shape index (κ1) is 19.3. The van der Waals surface area contributed by atoms with Gasteiger partial charge in [0.1, 0.15) is 9.88 Å². The zero-order chi connectivity index (χ0) is 20.5. The lowest BCUT2D eigenvalue weighted by molar-refractivity contribution is -0.117. The van der Waals surface area contributed by atoms with Gasteiger partial charge in [-0.25, -0.2) is 4.98 Å². The van der Waals surface area contributed by atoms with Crippen molar-refractivity contribution < 1.29 is 9.59 Å². The predicted molar refractivity (Wildman–Crippen MR) is 118 cm³/mol. The van der Waals surface area contributed by atoms with Gasteiger partial charge in [-0.1, -0.05) is 29.8 Å². The van der Waals surface area contributed by atoms with E-state index in [1.165, 1.54) is 16.9 Å². The molecule has 2 heterocycles. The van der Waals surface area contributed by atoms with Gasteiger partial charge in [0.2, 0.25) is 5.91 Å². The van der Waals surface area contributed by atoms with Crippen molar-refractivity contribution in [2.24, 2.45) is 0 Å². The summed E-state index contributed by atoms with van der Waals surface area (Å²) in [6, 6.07) is 13.7. The summed E-state index contributed by atoms with van der Waals surface area (Å²) >= 11 is 1.40. The molecule has 5 nitrogen and oxygen atoms in total. The molecular weight excluding hydrogens is 382 g/mol. The second-order valence-electron chi connectivity index (χ2n) is 7.41. The van der Waals surface area contributed by atoms with Crippen molar-refractivity contribution in [1.82, 2.24) is 4.98 Å². The Hall–Kier alpha value is -2.99. The first-order valence-corrected chi connectivity index (χ1v) is 10.5. The van der Waals surface area contributed by atoms with Gasteiger partial charge in [-0.2, -0.15) is 0 Å². The molecule has 2 aromatic carbocycles. The van der Waals surface area contributed by atoms with Crippen LogP contribution in [0.15, 0.2) is 42.5 Å². The molecule has 2 amide bonds. The Kier molecular flexibility index (Phi) is 5.20. The molecule has 1 aromatic heterocycles. The molecule has 1 fully saturated rings. The van der Waals surface area contributed by atoms with Gasteiger partial charge in [-0.3, -0.25) is 9.59 Å². The fourth-order valence-electron chi connectivity index (χ4n) is 3.64. The first-order chi connectivity index (χ1) is 13.9. The molecule has 148 valence electrons. The largest absolute Gasteiger partial charge is 0.321 e. The Morgan fingerprint density at radius 3 is 2.69 bits per heavy atom. The number of nitrogens with zero attached hydrogens (tertiary/aromatic N) is 2. The second kappa shape index (κ2) is 7.79. The SMILES string of the molecule is Cc1ccc(-c2nc(C)c(C(=O)Nc3cccc(N4CCCC4=O)c3)s2)c(C)c1. The molecule has 1 N–H and O–H groups in total. The molecule has 1 aliphatic heterocycles. The number of carbonyl (C=O) groups is 2. The van der Waals surface area contributed by atoms with Gasteiger partial charge in [0.15, 0.2) is 0 Å². The van der Waals surface area contributed by atoms with Crippen LogP contribution in [0.4, 0.5) is 11.4 Å². The molecule has 1 aliphatic rings. The van der Waals surface area contributed by atoms with E-state index in [-0.39, 0.29) is 11.8 Å². The van der Waals surface area contributed by atoms with Crippen LogP contribution in [-0.4, -0.2) is 23.3 Å². The van der Waals surface area contributed by atoms with Crippen molar-refractivity contribution in [3.63, 3.8) is 0 Å². The van der Waals surface area contributed by atoms with Gasteiger partial charge in [0.25, 0.3) is 5.91 Å². The van der Waals surface area contributed by atoms with E-state index < -0.39 is 0 Å². The summed E-state index contributed by atoms with van der Waals surface area (Å²) < 4.78 is 0. The van der Waals surface area contributed by atoms with E-state index in [4.69, 9.17) is 0 Å². The van der Waals surface area contributed by atoms with Crippen molar-refractivity contribution >= 4 is 34.5 Å². The molecule has 3 aromatic rings. The van der Waals surface area contributed by atoms with Crippen LogP contribution in [0.2, 0.25) is 0 Å². The number of carbonyl (C=O) groups excluding carboxylic acids is 2. The smallest absolute Gasteiger partial charge is 0.267 e. The zero-order valence-electron chi connectivity index (χ0n) is 16.8. The summed E-state index contributed by atoms with van der Waals surface area (Å²) in [5.74, 6) is -0.0502. The Balaban J connectivity index is 1.56. The third-order valence-corrected chi connectivity index (χ3v) is 6.29. The summed E-state index contributed by atoms with van der Waals surface area (Å²) in [4.78, 5) is 31.9. The van der Waals surface area contributed by atoms with Gasteiger partial charge < -0.3 is 10.2 Å². The number of thiazole rings is 1. The van der Waals surface area contributed by atoms with Crippen molar-refractivity contribution in [1.29, 1.82) is 0 Å². The van der Waals surface area contributed by atoms with Crippen LogP contribution in [-0.2, 0) is 4.79 Å². The summed E-state index contributed by atoms with van der Waals surface area (Å²) in [6.07, 6.45) is 1.45. The highest BCUT2D eigenvalue weighted by Gasteiger charge is 2.22. The fourth-order valence-corrected chi connectivity index (χ4v) is 4.69. The number of rotatable bonds is 4. The van der Waals surface area contributed by atoms with Crippen LogP contribution in [0.5, 0.6) is 0 Å². The second-order valence-corrected chi connectivity index (χ2v) is 8.40. The maximum absolute atomic E-state index is 12.9. The van der Waals surface area contributed by atoms with Crippen molar-refractivity contribution in [2.45, 2.75) is 33.6 Å². The van der Waals surface area contributed by atoms with Crippen LogP contribution in [0.3, 0.4) is 0 Å². The number of hydrogen-bond acceptors (Lipinski definition) is 4. The third-order valence-electron chi connectivity index (χ3n) is 5.10. The van der Waals surface area contributed by atoms with Crippen LogP contribution < -0.4 is 10.2 Å². The van der Waals surface area contributed by atoms with Crippen LogP contribution >= 0.6 is 11.3 Å².